The molecule has 0 atom stereocenters. The summed E-state index contributed by atoms with van der Waals surface area (Å²) in [5.74, 6) is 0.782. The smallest absolute Gasteiger partial charge is 0.255 e. The molecule has 0 aliphatic carbocycles. The highest BCUT2D eigenvalue weighted by Crippen LogP contribution is 2.33. The van der Waals surface area contributed by atoms with Crippen molar-refractivity contribution in [3.63, 3.8) is 0 Å². The molecule has 10 heteroatoms. The topological polar surface area (TPSA) is 97.8 Å². The van der Waals surface area contributed by atoms with Crippen LogP contribution in [0.1, 0.15) is 27.3 Å². The number of para-hydroxylation sites is 1. The third-order valence-electron chi connectivity index (χ3n) is 7.88. The second kappa shape index (κ2) is 11.5. The van der Waals surface area contributed by atoms with Gasteiger partial charge in [-0.3, -0.25) is 24.7 Å². The fraction of sp³-hybridized carbons (Fsp3) is 0.367. The first-order valence-electron chi connectivity index (χ1n) is 13.7. The maximum Gasteiger partial charge on any atom is 0.255 e. The Morgan fingerprint density at radius 2 is 1.90 bits per heavy atom. The maximum absolute atomic E-state index is 14.0. The van der Waals surface area contributed by atoms with Gasteiger partial charge in [0, 0.05) is 91.7 Å². The second-order valence-corrected chi connectivity index (χ2v) is 10.8. The third-order valence-corrected chi connectivity index (χ3v) is 8.11. The lowest BCUT2D eigenvalue weighted by molar-refractivity contribution is 0.0614. The minimum atomic E-state index is 0.0669. The molecule has 40 heavy (non-hydrogen) atoms. The fourth-order valence-corrected chi connectivity index (χ4v) is 5.97. The van der Waals surface area contributed by atoms with Crippen molar-refractivity contribution >= 4 is 28.4 Å². The van der Waals surface area contributed by atoms with E-state index in [1.165, 1.54) is 0 Å². The number of nitrogens with one attached hydrogen (secondary N) is 1. The summed E-state index contributed by atoms with van der Waals surface area (Å²) in [6.07, 6.45) is 0.772. The molecule has 0 radical (unpaired) electrons. The lowest BCUT2D eigenvalue weighted by atomic mass is 9.94. The summed E-state index contributed by atoms with van der Waals surface area (Å²) in [6, 6.07) is 15.5. The number of ether oxygens (including phenoxy) is 1. The number of aromatic amines is 1. The van der Waals surface area contributed by atoms with Gasteiger partial charge in [-0.25, -0.2) is 0 Å². The van der Waals surface area contributed by atoms with Crippen LogP contribution in [0.5, 0.6) is 5.75 Å². The van der Waals surface area contributed by atoms with Crippen LogP contribution in [0.3, 0.4) is 0 Å². The molecule has 0 saturated carbocycles. The third kappa shape index (κ3) is 5.30. The van der Waals surface area contributed by atoms with Gasteiger partial charge in [-0.15, -0.1) is 0 Å². The highest BCUT2D eigenvalue weighted by Gasteiger charge is 2.30. The first-order valence-corrected chi connectivity index (χ1v) is 14.1. The molecule has 6 rings (SSSR count). The number of aliphatic hydroxyl groups is 1. The highest BCUT2D eigenvalue weighted by atomic mass is 35.5. The van der Waals surface area contributed by atoms with Crippen molar-refractivity contribution in [3.8, 4) is 17.0 Å². The normalized spacial score (nSPS) is 16.3. The molecule has 2 aromatic heterocycles. The fourth-order valence-electron chi connectivity index (χ4n) is 5.80. The quantitative estimate of drug-likeness (QED) is 0.356. The zero-order chi connectivity index (χ0) is 27.6. The van der Waals surface area contributed by atoms with Crippen LogP contribution in [0.4, 0.5) is 0 Å². The number of pyridine rings is 1. The number of carbonyl (C=O) groups is 1. The molecule has 1 amide bonds. The van der Waals surface area contributed by atoms with Gasteiger partial charge in [0.2, 0.25) is 0 Å². The van der Waals surface area contributed by atoms with Gasteiger partial charge in [0.15, 0.2) is 0 Å². The summed E-state index contributed by atoms with van der Waals surface area (Å²) in [4.78, 5) is 25.5. The molecule has 1 saturated heterocycles. The molecule has 208 valence electrons. The van der Waals surface area contributed by atoms with Crippen LogP contribution in [0.25, 0.3) is 22.2 Å². The number of hydrogen-bond donors (Lipinski definition) is 2. The van der Waals surface area contributed by atoms with E-state index in [0.29, 0.717) is 43.5 Å². The summed E-state index contributed by atoms with van der Waals surface area (Å²) in [5.41, 5.74) is 6.25. The molecule has 2 aliphatic rings. The van der Waals surface area contributed by atoms with Crippen molar-refractivity contribution in [2.45, 2.75) is 19.5 Å². The molecule has 2 aliphatic heterocycles. The molecule has 9 nitrogen and oxygen atoms in total. The number of H-pyrrole nitrogens is 1. The predicted octanol–water partition coefficient (Wildman–Crippen LogP) is 3.60. The summed E-state index contributed by atoms with van der Waals surface area (Å²) in [7, 11) is 1.64. The Morgan fingerprint density at radius 1 is 1.07 bits per heavy atom. The van der Waals surface area contributed by atoms with E-state index in [4.69, 9.17) is 21.3 Å². The molecule has 4 aromatic rings. The van der Waals surface area contributed by atoms with Crippen molar-refractivity contribution in [2.24, 2.45) is 0 Å². The van der Waals surface area contributed by atoms with Crippen LogP contribution in [-0.2, 0) is 19.5 Å². The molecule has 1 fully saturated rings. The Balaban J connectivity index is 1.26. The Bertz CT molecular complexity index is 1530. The number of β-amino-alcohol motifs (C(OH)–C–C–N with tert-alkyl or cyclic N) is 1. The maximum atomic E-state index is 14.0. The van der Waals surface area contributed by atoms with Gasteiger partial charge in [-0.1, -0.05) is 29.8 Å². The standard InChI is InChI=1S/C30H33ClN6O3/c1-40-28-7-6-20(31)16-23(28)27-17-21(33-34-27)18-36-9-8-26-24(19-36)29(22-4-2-3-5-25(22)32-26)30(39)37-12-10-35(11-13-37)14-15-38/h2-7,16-17,38H,8-15,18-19H2,1H3,(H,33,34). The number of methoxy groups -OCH3 is 1. The van der Waals surface area contributed by atoms with E-state index in [-0.39, 0.29) is 12.5 Å². The van der Waals surface area contributed by atoms with Crippen molar-refractivity contribution in [1.29, 1.82) is 0 Å². The van der Waals surface area contributed by atoms with Crippen LogP contribution in [0.15, 0.2) is 48.5 Å². The average Bonchev–Trinajstić information content (AvgIpc) is 3.44. The van der Waals surface area contributed by atoms with E-state index in [9.17, 15) is 9.90 Å². The number of amides is 1. The van der Waals surface area contributed by atoms with Gasteiger partial charge in [0.1, 0.15) is 5.75 Å². The number of rotatable bonds is 7. The number of hydrogen-bond acceptors (Lipinski definition) is 7. The van der Waals surface area contributed by atoms with Gasteiger partial charge in [0.25, 0.3) is 5.91 Å². The highest BCUT2D eigenvalue weighted by molar-refractivity contribution is 6.31. The Kier molecular flexibility index (Phi) is 7.71. The predicted molar refractivity (Wildman–Crippen MR) is 155 cm³/mol. The molecular weight excluding hydrogens is 528 g/mol. The molecule has 4 heterocycles. The van der Waals surface area contributed by atoms with Crippen LogP contribution >= 0.6 is 11.6 Å². The summed E-state index contributed by atoms with van der Waals surface area (Å²) >= 11 is 6.24. The van der Waals surface area contributed by atoms with Crippen LogP contribution < -0.4 is 4.74 Å². The second-order valence-electron chi connectivity index (χ2n) is 10.4. The van der Waals surface area contributed by atoms with Gasteiger partial charge in [-0.2, -0.15) is 5.10 Å². The van der Waals surface area contributed by atoms with Gasteiger partial charge in [0.05, 0.1) is 30.5 Å². The minimum Gasteiger partial charge on any atom is -0.496 e. The van der Waals surface area contributed by atoms with E-state index < -0.39 is 0 Å². The van der Waals surface area contributed by atoms with Crippen molar-refractivity contribution < 1.29 is 14.6 Å². The van der Waals surface area contributed by atoms with E-state index in [0.717, 1.165) is 70.7 Å². The van der Waals surface area contributed by atoms with Crippen LogP contribution in [-0.4, -0.2) is 93.9 Å². The Morgan fingerprint density at radius 3 is 2.70 bits per heavy atom. The first-order chi connectivity index (χ1) is 19.5. The first kappa shape index (κ1) is 26.7. The number of aliphatic hydroxyl groups excluding tert-OH is 1. The number of carbonyl (C=O) groups excluding carboxylic acids is 1. The zero-order valence-electron chi connectivity index (χ0n) is 22.6. The average molecular weight is 561 g/mol. The van der Waals surface area contributed by atoms with E-state index in [1.807, 2.05) is 47.4 Å². The SMILES string of the molecule is COc1ccc(Cl)cc1-c1cc(CN2CCc3nc4ccccc4c(C(=O)N4CCN(CCO)CC4)c3C2)[nH]n1. The van der Waals surface area contributed by atoms with Gasteiger partial charge >= 0.3 is 0 Å². The van der Waals surface area contributed by atoms with Gasteiger partial charge < -0.3 is 14.7 Å². The van der Waals surface area contributed by atoms with Crippen molar-refractivity contribution in [1.82, 2.24) is 29.9 Å². The molecule has 0 bridgehead atoms. The number of nitrogens with zero attached hydrogens (tertiary/aromatic N) is 5. The number of piperazine rings is 1. The molecule has 2 aromatic carbocycles. The molecule has 0 unspecified atom stereocenters. The number of benzene rings is 2. The summed E-state index contributed by atoms with van der Waals surface area (Å²) < 4.78 is 5.51. The van der Waals surface area contributed by atoms with Crippen LogP contribution in [0.2, 0.25) is 5.02 Å². The molecule has 2 N–H and O–H groups in total. The van der Waals surface area contributed by atoms with E-state index in [2.05, 4.69) is 20.0 Å². The van der Waals surface area contributed by atoms with Crippen molar-refractivity contribution in [3.05, 3.63) is 76.1 Å². The lowest BCUT2D eigenvalue weighted by Crippen LogP contribution is -2.49. The summed E-state index contributed by atoms with van der Waals surface area (Å²) in [6.45, 7) is 5.74. The lowest BCUT2D eigenvalue weighted by Gasteiger charge is -2.36. The van der Waals surface area contributed by atoms with Gasteiger partial charge in [-0.05, 0) is 30.3 Å². The zero-order valence-corrected chi connectivity index (χ0v) is 23.3. The van der Waals surface area contributed by atoms with Crippen molar-refractivity contribution in [2.75, 3.05) is 53.0 Å². The van der Waals surface area contributed by atoms with E-state index in [1.54, 1.807) is 13.2 Å². The summed E-state index contributed by atoms with van der Waals surface area (Å²) in [5, 5.41) is 18.5. The number of fused-ring (bicyclic) bond motifs is 2. The Hall–Kier alpha value is -3.50. The monoisotopic (exact) mass is 560 g/mol. The molecule has 0 spiro atoms. The number of halogens is 1. The Labute approximate surface area is 238 Å². The molecular formula is C30H33ClN6O3. The van der Waals surface area contributed by atoms with Crippen LogP contribution in [0, 0.1) is 0 Å². The number of aromatic nitrogens is 3. The largest absolute Gasteiger partial charge is 0.496 e. The minimum absolute atomic E-state index is 0.0669. The van der Waals surface area contributed by atoms with E-state index >= 15 is 0 Å².